The smallest absolute Gasteiger partial charge is 0.266 e. The molecule has 1 N–H and O–H groups in total. The summed E-state index contributed by atoms with van der Waals surface area (Å²) >= 11 is 12.4. The molecule has 4 aromatic rings. The number of hydrogen-bond donors (Lipinski definition) is 1. The van der Waals surface area contributed by atoms with E-state index in [2.05, 4.69) is 5.32 Å². The Hall–Kier alpha value is -3.52. The number of benzene rings is 3. The van der Waals surface area contributed by atoms with Gasteiger partial charge in [0.2, 0.25) is 0 Å². The molecule has 1 amide bonds. The van der Waals surface area contributed by atoms with E-state index in [0.29, 0.717) is 32.8 Å². The maximum Gasteiger partial charge on any atom is 0.266 e. The van der Waals surface area contributed by atoms with Crippen molar-refractivity contribution in [2.45, 2.75) is 0 Å². The summed E-state index contributed by atoms with van der Waals surface area (Å²) in [6, 6.07) is 23.8. The zero-order chi connectivity index (χ0) is 21.1. The van der Waals surface area contributed by atoms with E-state index in [-0.39, 0.29) is 5.57 Å². The number of halogens is 2. The highest BCUT2D eigenvalue weighted by atomic mass is 35.5. The molecule has 1 heterocycles. The first kappa shape index (κ1) is 19.8. The van der Waals surface area contributed by atoms with Crippen LogP contribution in [0, 0.1) is 11.3 Å². The fraction of sp³-hybridized carbons (Fsp3) is 0. The van der Waals surface area contributed by atoms with Gasteiger partial charge in [-0.1, -0.05) is 59.6 Å². The topological polar surface area (TPSA) is 66.0 Å². The van der Waals surface area contributed by atoms with Crippen molar-refractivity contribution in [3.63, 3.8) is 0 Å². The first-order chi connectivity index (χ1) is 14.5. The maximum atomic E-state index is 12.6. The molecule has 146 valence electrons. The van der Waals surface area contributed by atoms with Gasteiger partial charge in [0.25, 0.3) is 5.91 Å². The largest absolute Gasteiger partial charge is 0.457 e. The number of furan rings is 1. The molecule has 6 heteroatoms. The Balaban J connectivity index is 1.58. The number of fused-ring (bicyclic) bond motifs is 1. The molecule has 1 aromatic heterocycles. The van der Waals surface area contributed by atoms with Gasteiger partial charge < -0.3 is 9.73 Å². The number of nitrogens with one attached hydrogen (secondary N) is 1. The van der Waals surface area contributed by atoms with Crippen molar-refractivity contribution in [2.24, 2.45) is 0 Å². The second kappa shape index (κ2) is 8.46. The number of carbonyl (C=O) groups is 1. The van der Waals surface area contributed by atoms with Gasteiger partial charge in [-0.2, -0.15) is 5.26 Å². The number of rotatable bonds is 4. The number of anilines is 1. The average Bonchev–Trinajstić information content (AvgIpc) is 3.20. The molecule has 0 unspecified atom stereocenters. The third-order valence-electron chi connectivity index (χ3n) is 4.49. The quantitative estimate of drug-likeness (QED) is 0.280. The molecule has 4 rings (SSSR count). The first-order valence-electron chi connectivity index (χ1n) is 9.01. The summed E-state index contributed by atoms with van der Waals surface area (Å²) in [6.45, 7) is 0. The van der Waals surface area contributed by atoms with Crippen molar-refractivity contribution >= 4 is 51.6 Å². The van der Waals surface area contributed by atoms with Crippen LogP contribution in [0.15, 0.2) is 82.8 Å². The van der Waals surface area contributed by atoms with Crippen molar-refractivity contribution in [2.75, 3.05) is 5.32 Å². The lowest BCUT2D eigenvalue weighted by molar-refractivity contribution is -0.112. The van der Waals surface area contributed by atoms with Crippen LogP contribution in [0.3, 0.4) is 0 Å². The molecule has 0 aliphatic heterocycles. The molecule has 0 atom stereocenters. The molecule has 4 nitrogen and oxygen atoms in total. The van der Waals surface area contributed by atoms with Crippen molar-refractivity contribution < 1.29 is 9.21 Å². The predicted octanol–water partition coefficient (Wildman–Crippen LogP) is 6.95. The molecule has 0 saturated carbocycles. The van der Waals surface area contributed by atoms with E-state index in [0.717, 1.165) is 10.8 Å². The SMILES string of the molecule is N#CC(=Cc1ccc(-c2c(Cl)cccc2Cl)o1)C(=O)Nc1ccc2ccccc2c1. The Morgan fingerprint density at radius 1 is 0.933 bits per heavy atom. The third-order valence-corrected chi connectivity index (χ3v) is 5.12. The fourth-order valence-electron chi connectivity index (χ4n) is 3.05. The van der Waals surface area contributed by atoms with Gasteiger partial charge in [-0.05, 0) is 47.2 Å². The van der Waals surface area contributed by atoms with Gasteiger partial charge >= 0.3 is 0 Å². The third kappa shape index (κ3) is 4.08. The van der Waals surface area contributed by atoms with E-state index in [1.807, 2.05) is 42.5 Å². The Morgan fingerprint density at radius 3 is 2.40 bits per heavy atom. The van der Waals surface area contributed by atoms with Gasteiger partial charge in [0, 0.05) is 11.8 Å². The normalized spacial score (nSPS) is 11.3. The minimum atomic E-state index is -0.526. The Kier molecular flexibility index (Phi) is 5.58. The van der Waals surface area contributed by atoms with Gasteiger partial charge in [-0.25, -0.2) is 0 Å². The van der Waals surface area contributed by atoms with E-state index in [9.17, 15) is 10.1 Å². The van der Waals surface area contributed by atoms with Crippen LogP contribution in [-0.2, 0) is 4.79 Å². The molecule has 3 aromatic carbocycles. The van der Waals surface area contributed by atoms with Crippen LogP contribution in [0.25, 0.3) is 28.2 Å². The number of amides is 1. The van der Waals surface area contributed by atoms with Crippen molar-refractivity contribution in [1.29, 1.82) is 5.26 Å². The van der Waals surface area contributed by atoms with E-state index < -0.39 is 5.91 Å². The molecule has 0 spiro atoms. The van der Waals surface area contributed by atoms with Crippen molar-refractivity contribution in [1.82, 2.24) is 0 Å². The molecule has 0 radical (unpaired) electrons. The van der Waals surface area contributed by atoms with Crippen LogP contribution in [0.4, 0.5) is 5.69 Å². The fourth-order valence-corrected chi connectivity index (χ4v) is 3.64. The second-order valence-electron chi connectivity index (χ2n) is 6.48. The molecule has 30 heavy (non-hydrogen) atoms. The van der Waals surface area contributed by atoms with Crippen LogP contribution in [0.2, 0.25) is 10.0 Å². The molecule has 0 saturated heterocycles. The predicted molar refractivity (Wildman–Crippen MR) is 120 cm³/mol. The van der Waals surface area contributed by atoms with Crippen LogP contribution >= 0.6 is 23.2 Å². The van der Waals surface area contributed by atoms with Crippen LogP contribution in [0.1, 0.15) is 5.76 Å². The molecule has 0 fully saturated rings. The zero-order valence-electron chi connectivity index (χ0n) is 15.5. The Morgan fingerprint density at radius 2 is 1.67 bits per heavy atom. The maximum absolute atomic E-state index is 12.6. The summed E-state index contributed by atoms with van der Waals surface area (Å²) in [4.78, 5) is 12.6. The minimum Gasteiger partial charge on any atom is -0.457 e. The minimum absolute atomic E-state index is 0.0886. The number of nitrogens with zero attached hydrogens (tertiary/aromatic N) is 1. The standard InChI is InChI=1S/C24H14Cl2N2O2/c25-20-6-3-7-21(26)23(20)22-11-10-19(30-22)13-17(14-27)24(29)28-18-9-8-15-4-1-2-5-16(15)12-18/h1-13H,(H,28,29). The average molecular weight is 433 g/mol. The lowest BCUT2D eigenvalue weighted by Gasteiger charge is -2.06. The van der Waals surface area contributed by atoms with Crippen molar-refractivity contribution in [3.05, 3.63) is 94.2 Å². The Bertz CT molecular complexity index is 1310. The summed E-state index contributed by atoms with van der Waals surface area (Å²) in [5.74, 6) is 0.261. The lowest BCUT2D eigenvalue weighted by atomic mass is 10.1. The van der Waals surface area contributed by atoms with Gasteiger partial charge in [0.15, 0.2) is 0 Å². The summed E-state index contributed by atoms with van der Waals surface area (Å²) in [5.41, 5.74) is 1.07. The number of carbonyl (C=O) groups excluding carboxylic acids is 1. The molecule has 0 aliphatic carbocycles. The van der Waals surface area contributed by atoms with Gasteiger partial charge in [0.1, 0.15) is 23.2 Å². The van der Waals surface area contributed by atoms with Crippen LogP contribution in [-0.4, -0.2) is 5.91 Å². The van der Waals surface area contributed by atoms with E-state index >= 15 is 0 Å². The van der Waals surface area contributed by atoms with Crippen LogP contribution in [0.5, 0.6) is 0 Å². The summed E-state index contributed by atoms with van der Waals surface area (Å²) in [6.07, 6.45) is 1.38. The molecular formula is C24H14Cl2N2O2. The van der Waals surface area contributed by atoms with Gasteiger partial charge in [-0.3, -0.25) is 4.79 Å². The molecular weight excluding hydrogens is 419 g/mol. The highest BCUT2D eigenvalue weighted by Crippen LogP contribution is 2.35. The van der Waals surface area contributed by atoms with E-state index in [1.54, 1.807) is 36.4 Å². The molecule has 0 bridgehead atoms. The van der Waals surface area contributed by atoms with E-state index in [1.165, 1.54) is 6.08 Å². The first-order valence-corrected chi connectivity index (χ1v) is 9.77. The number of hydrogen-bond acceptors (Lipinski definition) is 3. The molecule has 0 aliphatic rings. The highest BCUT2D eigenvalue weighted by Gasteiger charge is 2.14. The van der Waals surface area contributed by atoms with Gasteiger partial charge in [0.05, 0.1) is 15.6 Å². The number of nitriles is 1. The van der Waals surface area contributed by atoms with Crippen LogP contribution < -0.4 is 5.32 Å². The van der Waals surface area contributed by atoms with E-state index in [4.69, 9.17) is 27.6 Å². The summed E-state index contributed by atoms with van der Waals surface area (Å²) in [5, 5.41) is 15.2. The van der Waals surface area contributed by atoms with Gasteiger partial charge in [-0.15, -0.1) is 0 Å². The zero-order valence-corrected chi connectivity index (χ0v) is 17.0. The summed E-state index contributed by atoms with van der Waals surface area (Å²) < 4.78 is 5.75. The highest BCUT2D eigenvalue weighted by molar-refractivity contribution is 6.39. The lowest BCUT2D eigenvalue weighted by Crippen LogP contribution is -2.13. The van der Waals surface area contributed by atoms with Crippen molar-refractivity contribution in [3.8, 4) is 17.4 Å². The second-order valence-corrected chi connectivity index (χ2v) is 7.30. The Labute approximate surface area is 183 Å². The monoisotopic (exact) mass is 432 g/mol. The summed E-state index contributed by atoms with van der Waals surface area (Å²) in [7, 11) is 0.